The summed E-state index contributed by atoms with van der Waals surface area (Å²) in [4.78, 5) is 35.2. The van der Waals surface area contributed by atoms with E-state index in [2.05, 4.69) is 4.99 Å². The third kappa shape index (κ3) is 7.36. The van der Waals surface area contributed by atoms with Gasteiger partial charge in [-0.25, -0.2) is 9.59 Å². The SMILES string of the molecule is CC(=O)N=C1SCCN1CC(O)c1cccc(C)c1.O=C(O)C(=O)O. The fraction of sp³-hybridized carbons (Fsp3) is 0.375. The van der Waals surface area contributed by atoms with Crippen LogP contribution in [0, 0.1) is 6.92 Å². The minimum absolute atomic E-state index is 0.195. The standard InChI is InChI=1S/C14H18N2O2S.C2H2O4/c1-10-4-3-5-12(8-10)13(18)9-16-6-7-19-14(16)15-11(2)17;3-1(4)2(5)6/h3-5,8,13,18H,6-7,9H2,1-2H3;(H,3,4)(H,5,6). The molecule has 0 aromatic heterocycles. The van der Waals surface area contributed by atoms with E-state index in [1.165, 1.54) is 6.92 Å². The number of rotatable bonds is 3. The first-order valence-corrected chi connectivity index (χ1v) is 8.37. The molecule has 1 aromatic carbocycles. The highest BCUT2D eigenvalue weighted by atomic mass is 32.2. The summed E-state index contributed by atoms with van der Waals surface area (Å²) in [5.74, 6) is -2.93. The van der Waals surface area contributed by atoms with Crippen LogP contribution in [-0.4, -0.2) is 62.1 Å². The molecule has 3 N–H and O–H groups in total. The Morgan fingerprint density at radius 3 is 2.44 bits per heavy atom. The van der Waals surface area contributed by atoms with Crippen molar-refractivity contribution in [1.29, 1.82) is 0 Å². The Balaban J connectivity index is 0.000000450. The summed E-state index contributed by atoms with van der Waals surface area (Å²) in [7, 11) is 0. The summed E-state index contributed by atoms with van der Waals surface area (Å²) in [6.45, 7) is 4.74. The molecule has 0 bridgehead atoms. The number of thioether (sulfide) groups is 1. The molecule has 8 nitrogen and oxygen atoms in total. The van der Waals surface area contributed by atoms with Crippen LogP contribution in [0.4, 0.5) is 0 Å². The van der Waals surface area contributed by atoms with Gasteiger partial charge in [-0.3, -0.25) is 4.79 Å². The van der Waals surface area contributed by atoms with Gasteiger partial charge in [-0.1, -0.05) is 41.6 Å². The number of hydrogen-bond donors (Lipinski definition) is 3. The third-order valence-corrected chi connectivity index (χ3v) is 4.11. The monoisotopic (exact) mass is 368 g/mol. The number of amidine groups is 1. The Morgan fingerprint density at radius 1 is 1.28 bits per heavy atom. The number of aryl methyl sites for hydroxylation is 1. The van der Waals surface area contributed by atoms with Gasteiger partial charge in [-0.05, 0) is 12.5 Å². The van der Waals surface area contributed by atoms with Crippen molar-refractivity contribution in [3.8, 4) is 0 Å². The number of aliphatic carboxylic acids is 2. The van der Waals surface area contributed by atoms with Crippen molar-refractivity contribution in [2.24, 2.45) is 4.99 Å². The third-order valence-electron chi connectivity index (χ3n) is 3.12. The summed E-state index contributed by atoms with van der Waals surface area (Å²) >= 11 is 1.56. The highest BCUT2D eigenvalue weighted by Crippen LogP contribution is 2.22. The summed E-state index contributed by atoms with van der Waals surface area (Å²) in [6.07, 6.45) is -0.559. The van der Waals surface area contributed by atoms with Crippen molar-refractivity contribution in [3.05, 3.63) is 35.4 Å². The number of β-amino-alcohol motifs (C(OH)–C–C–N with tert-alkyl or cyclic N) is 1. The summed E-state index contributed by atoms with van der Waals surface area (Å²) in [5, 5.41) is 25.8. The van der Waals surface area contributed by atoms with Gasteiger partial charge in [0.15, 0.2) is 5.17 Å². The predicted octanol–water partition coefficient (Wildman–Crippen LogP) is 1.14. The number of nitrogens with zero attached hydrogens (tertiary/aromatic N) is 2. The van der Waals surface area contributed by atoms with E-state index in [1.54, 1.807) is 11.8 Å². The Labute approximate surface area is 149 Å². The second kappa shape index (κ2) is 9.80. The maximum absolute atomic E-state index is 11.1. The smallest absolute Gasteiger partial charge is 0.414 e. The average molecular weight is 368 g/mol. The molecule has 1 atom stereocenters. The molecule has 25 heavy (non-hydrogen) atoms. The second-order valence-corrected chi connectivity index (χ2v) is 6.31. The molecule has 1 aliphatic rings. The number of amides is 1. The van der Waals surface area contributed by atoms with Gasteiger partial charge in [0.1, 0.15) is 0 Å². The molecule has 1 heterocycles. The van der Waals surface area contributed by atoms with Gasteiger partial charge >= 0.3 is 11.9 Å². The van der Waals surface area contributed by atoms with Crippen molar-refractivity contribution in [2.45, 2.75) is 20.0 Å². The summed E-state index contributed by atoms with van der Waals surface area (Å²) in [6, 6.07) is 7.85. The van der Waals surface area contributed by atoms with Gasteiger partial charge in [-0.15, -0.1) is 0 Å². The number of aliphatic imine (C=N–C) groups is 1. The number of carbonyl (C=O) groups is 3. The fourth-order valence-corrected chi connectivity index (χ4v) is 3.07. The average Bonchev–Trinajstić information content (AvgIpc) is 2.94. The topological polar surface area (TPSA) is 128 Å². The maximum Gasteiger partial charge on any atom is 0.414 e. The number of aliphatic hydroxyl groups is 1. The minimum atomic E-state index is -1.82. The van der Waals surface area contributed by atoms with E-state index in [1.807, 2.05) is 36.1 Å². The van der Waals surface area contributed by atoms with Crippen LogP contribution in [0.3, 0.4) is 0 Å². The highest BCUT2D eigenvalue weighted by molar-refractivity contribution is 8.14. The van der Waals surface area contributed by atoms with Crippen LogP contribution in [0.5, 0.6) is 0 Å². The zero-order valence-corrected chi connectivity index (χ0v) is 14.7. The molecule has 1 unspecified atom stereocenters. The molecule has 1 aromatic rings. The molecule has 2 rings (SSSR count). The van der Waals surface area contributed by atoms with Gasteiger partial charge in [0.05, 0.1) is 12.6 Å². The summed E-state index contributed by atoms with van der Waals surface area (Å²) < 4.78 is 0. The van der Waals surface area contributed by atoms with Crippen molar-refractivity contribution in [3.63, 3.8) is 0 Å². The number of carbonyl (C=O) groups excluding carboxylic acids is 1. The first kappa shape index (κ1) is 20.7. The van der Waals surface area contributed by atoms with Crippen LogP contribution in [0.1, 0.15) is 24.2 Å². The lowest BCUT2D eigenvalue weighted by Crippen LogP contribution is -2.30. The number of aliphatic hydroxyl groups excluding tert-OH is 1. The highest BCUT2D eigenvalue weighted by Gasteiger charge is 2.23. The molecule has 9 heteroatoms. The molecule has 136 valence electrons. The number of benzene rings is 1. The van der Waals surface area contributed by atoms with Crippen molar-refractivity contribution >= 4 is 34.8 Å². The molecular formula is C16H20N2O6S. The van der Waals surface area contributed by atoms with Crippen LogP contribution >= 0.6 is 11.8 Å². The predicted molar refractivity (Wildman–Crippen MR) is 93.6 cm³/mol. The largest absolute Gasteiger partial charge is 0.473 e. The van der Waals surface area contributed by atoms with Gasteiger partial charge in [0.2, 0.25) is 5.91 Å². The number of carboxylic acids is 2. The Bertz CT molecular complexity index is 664. The van der Waals surface area contributed by atoms with E-state index in [0.29, 0.717) is 6.54 Å². The lowest BCUT2D eigenvalue weighted by molar-refractivity contribution is -0.159. The van der Waals surface area contributed by atoms with Gasteiger partial charge in [-0.2, -0.15) is 4.99 Å². The van der Waals surface area contributed by atoms with Crippen LogP contribution in [0.15, 0.2) is 29.3 Å². The fourth-order valence-electron chi connectivity index (χ4n) is 2.03. The van der Waals surface area contributed by atoms with E-state index in [0.717, 1.165) is 28.6 Å². The van der Waals surface area contributed by atoms with Gasteiger partial charge in [0.25, 0.3) is 0 Å². The molecule has 1 fully saturated rings. The van der Waals surface area contributed by atoms with E-state index in [9.17, 15) is 9.90 Å². The maximum atomic E-state index is 11.1. The van der Waals surface area contributed by atoms with E-state index in [4.69, 9.17) is 19.8 Å². The van der Waals surface area contributed by atoms with Crippen molar-refractivity contribution in [2.75, 3.05) is 18.8 Å². The normalized spacial score (nSPS) is 16.1. The first-order chi connectivity index (χ1) is 11.7. The quantitative estimate of drug-likeness (QED) is 0.678. The second-order valence-electron chi connectivity index (χ2n) is 5.25. The lowest BCUT2D eigenvalue weighted by Gasteiger charge is -2.21. The molecule has 0 aliphatic carbocycles. The lowest BCUT2D eigenvalue weighted by atomic mass is 10.1. The van der Waals surface area contributed by atoms with Crippen molar-refractivity contribution in [1.82, 2.24) is 4.90 Å². The molecule has 0 saturated carbocycles. The Morgan fingerprint density at radius 2 is 1.92 bits per heavy atom. The van der Waals surface area contributed by atoms with E-state index >= 15 is 0 Å². The Hall–Kier alpha value is -2.39. The molecule has 0 radical (unpaired) electrons. The zero-order chi connectivity index (χ0) is 19.0. The molecule has 1 aliphatic heterocycles. The molecule has 0 spiro atoms. The van der Waals surface area contributed by atoms with Crippen LogP contribution in [-0.2, 0) is 14.4 Å². The van der Waals surface area contributed by atoms with Gasteiger partial charge < -0.3 is 20.2 Å². The molecular weight excluding hydrogens is 348 g/mol. The van der Waals surface area contributed by atoms with Crippen LogP contribution in [0.2, 0.25) is 0 Å². The van der Waals surface area contributed by atoms with Crippen molar-refractivity contribution < 1.29 is 29.7 Å². The van der Waals surface area contributed by atoms with E-state index in [-0.39, 0.29) is 5.91 Å². The van der Waals surface area contributed by atoms with Crippen LogP contribution in [0.25, 0.3) is 0 Å². The number of carboxylic acid groups (broad SMARTS) is 2. The van der Waals surface area contributed by atoms with Crippen LogP contribution < -0.4 is 0 Å². The molecule has 1 saturated heterocycles. The Kier molecular flexibility index (Phi) is 8.09. The van der Waals surface area contributed by atoms with Gasteiger partial charge in [0, 0.05) is 19.2 Å². The number of hydrogen-bond acceptors (Lipinski definition) is 5. The molecule has 1 amide bonds. The van der Waals surface area contributed by atoms with E-state index < -0.39 is 18.0 Å². The minimum Gasteiger partial charge on any atom is -0.473 e. The zero-order valence-electron chi connectivity index (χ0n) is 13.9. The first-order valence-electron chi connectivity index (χ1n) is 7.38. The summed E-state index contributed by atoms with van der Waals surface area (Å²) in [5.41, 5.74) is 2.03.